The van der Waals surface area contributed by atoms with Crippen molar-refractivity contribution in [3.8, 4) is 5.75 Å². The van der Waals surface area contributed by atoms with Crippen LogP contribution in [0.5, 0.6) is 5.75 Å². The Morgan fingerprint density at radius 2 is 2.08 bits per heavy atom. The van der Waals surface area contributed by atoms with Crippen LogP contribution in [0.3, 0.4) is 0 Å². The summed E-state index contributed by atoms with van der Waals surface area (Å²) >= 11 is 6.40. The Hall–Kier alpha value is -2.53. The fraction of sp³-hybridized carbons (Fsp3) is 0.263. The Morgan fingerprint density at radius 3 is 2.76 bits per heavy atom. The van der Waals surface area contributed by atoms with E-state index in [2.05, 4.69) is 4.98 Å². The predicted octanol–water partition coefficient (Wildman–Crippen LogP) is 4.53. The average Bonchev–Trinajstić information content (AvgIpc) is 2.89. The molecule has 0 aliphatic rings. The highest BCUT2D eigenvalue weighted by Crippen LogP contribution is 2.26. The van der Waals surface area contributed by atoms with Gasteiger partial charge in [-0.2, -0.15) is 0 Å². The second kappa shape index (κ2) is 7.15. The van der Waals surface area contributed by atoms with Crippen molar-refractivity contribution in [2.75, 3.05) is 6.61 Å². The van der Waals surface area contributed by atoms with E-state index in [0.717, 1.165) is 34.6 Å². The lowest BCUT2D eigenvalue weighted by Gasteiger charge is -2.11. The van der Waals surface area contributed by atoms with Gasteiger partial charge in [-0.1, -0.05) is 24.6 Å². The first-order valence-corrected chi connectivity index (χ1v) is 8.48. The zero-order chi connectivity index (χ0) is 18.0. The first-order chi connectivity index (χ1) is 12.0. The van der Waals surface area contributed by atoms with Crippen LogP contribution in [0.15, 0.2) is 36.4 Å². The van der Waals surface area contributed by atoms with Gasteiger partial charge >= 0.3 is 5.97 Å². The number of nitrogens with zero attached hydrogens (tertiary/aromatic N) is 2. The van der Waals surface area contributed by atoms with Crippen LogP contribution in [-0.2, 0) is 6.54 Å². The Bertz CT molecular complexity index is 934. The molecule has 0 radical (unpaired) electrons. The molecule has 1 N–H and O–H groups in total. The third kappa shape index (κ3) is 3.61. The molecule has 0 unspecified atom stereocenters. The largest absolute Gasteiger partial charge is 0.494 e. The van der Waals surface area contributed by atoms with E-state index in [0.29, 0.717) is 18.2 Å². The summed E-state index contributed by atoms with van der Waals surface area (Å²) in [6.45, 7) is 5.11. The maximum Gasteiger partial charge on any atom is 0.335 e. The normalized spacial score (nSPS) is 11.0. The molecule has 0 amide bonds. The number of ether oxygens (including phenoxy) is 1. The number of carboxylic acid groups (broad SMARTS) is 1. The van der Waals surface area contributed by atoms with Crippen molar-refractivity contribution in [3.63, 3.8) is 0 Å². The van der Waals surface area contributed by atoms with Crippen LogP contribution in [0, 0.1) is 6.92 Å². The third-order valence-corrected chi connectivity index (χ3v) is 4.36. The average molecular weight is 359 g/mol. The van der Waals surface area contributed by atoms with Crippen LogP contribution in [0.4, 0.5) is 0 Å². The van der Waals surface area contributed by atoms with Crippen molar-refractivity contribution >= 4 is 28.6 Å². The number of benzene rings is 2. The van der Waals surface area contributed by atoms with Crippen LogP contribution in [0.25, 0.3) is 11.0 Å². The highest BCUT2D eigenvalue weighted by atomic mass is 35.5. The molecule has 5 nitrogen and oxygen atoms in total. The lowest BCUT2D eigenvalue weighted by Crippen LogP contribution is -2.04. The summed E-state index contributed by atoms with van der Waals surface area (Å²) in [5.74, 6) is 0.596. The van der Waals surface area contributed by atoms with Gasteiger partial charge in [-0.15, -0.1) is 0 Å². The summed E-state index contributed by atoms with van der Waals surface area (Å²) in [6.07, 6.45) is 0.936. The molecule has 25 heavy (non-hydrogen) atoms. The highest BCUT2D eigenvalue weighted by Gasteiger charge is 2.13. The number of rotatable bonds is 6. The molecule has 130 valence electrons. The molecule has 2 aromatic carbocycles. The van der Waals surface area contributed by atoms with Crippen LogP contribution in [-0.4, -0.2) is 27.2 Å². The molecule has 0 saturated carbocycles. The molecule has 0 spiro atoms. The second-order valence-electron chi connectivity index (χ2n) is 5.86. The lowest BCUT2D eigenvalue weighted by atomic mass is 10.2. The number of aromatic nitrogens is 2. The minimum atomic E-state index is -0.956. The van der Waals surface area contributed by atoms with E-state index in [9.17, 15) is 9.90 Å². The minimum absolute atomic E-state index is 0.239. The van der Waals surface area contributed by atoms with Gasteiger partial charge in [0.2, 0.25) is 0 Å². The van der Waals surface area contributed by atoms with Gasteiger partial charge in [0, 0.05) is 5.02 Å². The molecular formula is C19H19ClN2O3. The number of imidazole rings is 1. The van der Waals surface area contributed by atoms with Gasteiger partial charge in [0.05, 0.1) is 29.7 Å². The van der Waals surface area contributed by atoms with E-state index in [1.807, 2.05) is 36.6 Å². The smallest absolute Gasteiger partial charge is 0.335 e. The van der Waals surface area contributed by atoms with Crippen molar-refractivity contribution in [1.82, 2.24) is 9.55 Å². The van der Waals surface area contributed by atoms with Gasteiger partial charge in [0.1, 0.15) is 11.6 Å². The van der Waals surface area contributed by atoms with Gasteiger partial charge in [-0.3, -0.25) is 0 Å². The molecule has 0 saturated heterocycles. The molecule has 0 aliphatic carbocycles. The van der Waals surface area contributed by atoms with Crippen molar-refractivity contribution in [2.45, 2.75) is 26.8 Å². The standard InChI is InChI=1S/C19H19ClN2O3/c1-3-8-25-15-6-4-14(16(20)10-15)11-22-12(2)21-17-7-5-13(19(23)24)9-18(17)22/h4-7,9-10H,3,8,11H2,1-2H3,(H,23,24). The SMILES string of the molecule is CCCOc1ccc(Cn2c(C)nc3ccc(C(=O)O)cc32)c(Cl)c1. The summed E-state index contributed by atoms with van der Waals surface area (Å²) in [5, 5.41) is 9.83. The number of hydrogen-bond donors (Lipinski definition) is 1. The first-order valence-electron chi connectivity index (χ1n) is 8.11. The first kappa shape index (κ1) is 17.3. The fourth-order valence-corrected chi connectivity index (χ4v) is 2.94. The number of carbonyl (C=O) groups is 1. The number of aromatic carboxylic acids is 1. The van der Waals surface area contributed by atoms with Crippen molar-refractivity contribution < 1.29 is 14.6 Å². The van der Waals surface area contributed by atoms with Crippen LogP contribution >= 0.6 is 11.6 Å². The number of hydrogen-bond acceptors (Lipinski definition) is 3. The van der Waals surface area contributed by atoms with E-state index in [4.69, 9.17) is 16.3 Å². The molecule has 0 bridgehead atoms. The van der Waals surface area contributed by atoms with E-state index < -0.39 is 5.97 Å². The summed E-state index contributed by atoms with van der Waals surface area (Å²) in [7, 11) is 0. The molecule has 1 aromatic heterocycles. The summed E-state index contributed by atoms with van der Waals surface area (Å²) < 4.78 is 7.56. The van der Waals surface area contributed by atoms with E-state index in [1.165, 1.54) is 0 Å². The van der Waals surface area contributed by atoms with Crippen molar-refractivity contribution in [3.05, 3.63) is 58.4 Å². The molecule has 6 heteroatoms. The quantitative estimate of drug-likeness (QED) is 0.703. The molecule has 0 atom stereocenters. The number of halogens is 1. The minimum Gasteiger partial charge on any atom is -0.494 e. The van der Waals surface area contributed by atoms with E-state index in [-0.39, 0.29) is 5.56 Å². The van der Waals surface area contributed by atoms with E-state index >= 15 is 0 Å². The van der Waals surface area contributed by atoms with Gasteiger partial charge in [0.15, 0.2) is 0 Å². The highest BCUT2D eigenvalue weighted by molar-refractivity contribution is 6.31. The zero-order valence-electron chi connectivity index (χ0n) is 14.1. The maximum atomic E-state index is 11.2. The zero-order valence-corrected chi connectivity index (χ0v) is 14.9. The molecule has 3 aromatic rings. The molecule has 1 heterocycles. The summed E-state index contributed by atoms with van der Waals surface area (Å²) in [6, 6.07) is 10.6. The van der Waals surface area contributed by atoms with E-state index in [1.54, 1.807) is 18.2 Å². The number of carboxylic acids is 1. The maximum absolute atomic E-state index is 11.2. The number of fused-ring (bicyclic) bond motifs is 1. The van der Waals surface area contributed by atoms with Crippen molar-refractivity contribution in [1.29, 1.82) is 0 Å². The van der Waals surface area contributed by atoms with Gasteiger partial charge in [-0.05, 0) is 49.2 Å². The van der Waals surface area contributed by atoms with Gasteiger partial charge in [0.25, 0.3) is 0 Å². The number of aryl methyl sites for hydroxylation is 1. The van der Waals surface area contributed by atoms with Gasteiger partial charge < -0.3 is 14.4 Å². The topological polar surface area (TPSA) is 64.4 Å². The Kier molecular flexibility index (Phi) is 4.95. The molecule has 0 aliphatic heterocycles. The monoisotopic (exact) mass is 358 g/mol. The van der Waals surface area contributed by atoms with Crippen molar-refractivity contribution in [2.24, 2.45) is 0 Å². The summed E-state index contributed by atoms with van der Waals surface area (Å²) in [4.78, 5) is 15.7. The van der Waals surface area contributed by atoms with Crippen LogP contribution < -0.4 is 4.74 Å². The fourth-order valence-electron chi connectivity index (χ4n) is 2.71. The third-order valence-electron chi connectivity index (χ3n) is 4.01. The second-order valence-corrected chi connectivity index (χ2v) is 6.26. The van der Waals surface area contributed by atoms with Gasteiger partial charge in [-0.25, -0.2) is 9.78 Å². The molecular weight excluding hydrogens is 340 g/mol. The summed E-state index contributed by atoms with van der Waals surface area (Å²) in [5.41, 5.74) is 2.71. The van der Waals surface area contributed by atoms with Crippen LogP contribution in [0.1, 0.15) is 35.1 Å². The molecule has 0 fully saturated rings. The Balaban J connectivity index is 1.96. The lowest BCUT2D eigenvalue weighted by molar-refractivity contribution is 0.0697. The Labute approximate surface area is 150 Å². The predicted molar refractivity (Wildman–Crippen MR) is 97.8 cm³/mol. The Morgan fingerprint density at radius 1 is 1.28 bits per heavy atom. The van der Waals surface area contributed by atoms with Crippen LogP contribution in [0.2, 0.25) is 5.02 Å². The molecule has 3 rings (SSSR count).